The van der Waals surface area contributed by atoms with Crippen LogP contribution in [0.1, 0.15) is 23.7 Å². The van der Waals surface area contributed by atoms with Crippen molar-refractivity contribution in [2.45, 2.75) is 13.3 Å². The summed E-state index contributed by atoms with van der Waals surface area (Å²) in [5, 5.41) is 10.4. The molecule has 2 aromatic heterocycles. The number of phenolic OH excluding ortho intramolecular Hbond substituents is 1. The van der Waals surface area contributed by atoms with Crippen LogP contribution >= 0.6 is 0 Å². The zero-order valence-corrected chi connectivity index (χ0v) is 11.2. The molecular formula is C16H15NO3. The summed E-state index contributed by atoms with van der Waals surface area (Å²) in [4.78, 5) is 12.3. The van der Waals surface area contributed by atoms with E-state index in [1.54, 1.807) is 18.2 Å². The number of pyridine rings is 1. The van der Waals surface area contributed by atoms with Gasteiger partial charge in [0, 0.05) is 17.6 Å². The van der Waals surface area contributed by atoms with Gasteiger partial charge in [-0.2, -0.15) is 0 Å². The van der Waals surface area contributed by atoms with Crippen LogP contribution in [0.2, 0.25) is 0 Å². The van der Waals surface area contributed by atoms with Crippen molar-refractivity contribution in [1.82, 2.24) is 4.40 Å². The van der Waals surface area contributed by atoms with Crippen molar-refractivity contribution in [3.05, 3.63) is 48.2 Å². The lowest BCUT2D eigenvalue weighted by Crippen LogP contribution is -2.05. The second kappa shape index (κ2) is 4.89. The number of hydrogen-bond acceptors (Lipinski definition) is 3. The van der Waals surface area contributed by atoms with E-state index in [2.05, 4.69) is 0 Å². The number of rotatable bonds is 3. The third kappa shape index (κ3) is 1.90. The van der Waals surface area contributed by atoms with Crippen LogP contribution in [0.5, 0.6) is 5.75 Å². The maximum absolute atomic E-state index is 12.3. The monoisotopic (exact) mass is 269 g/mol. The first-order valence-corrected chi connectivity index (χ1v) is 6.61. The van der Waals surface area contributed by atoms with Crippen molar-refractivity contribution in [2.24, 2.45) is 0 Å². The van der Waals surface area contributed by atoms with Gasteiger partial charge in [0.05, 0.1) is 23.2 Å². The summed E-state index contributed by atoms with van der Waals surface area (Å²) in [6, 6.07) is 10.6. The lowest BCUT2D eigenvalue weighted by Gasteiger charge is -2.02. The first-order valence-electron chi connectivity index (χ1n) is 6.61. The largest absolute Gasteiger partial charge is 0.508 e. The molecule has 3 rings (SSSR count). The molecule has 0 radical (unpaired) electrons. The number of ether oxygens (including phenoxy) is 1. The van der Waals surface area contributed by atoms with Crippen molar-refractivity contribution in [2.75, 3.05) is 6.61 Å². The fourth-order valence-corrected chi connectivity index (χ4v) is 2.41. The van der Waals surface area contributed by atoms with Gasteiger partial charge in [0.15, 0.2) is 0 Å². The van der Waals surface area contributed by atoms with Crippen LogP contribution in [-0.2, 0) is 4.74 Å². The molecule has 0 saturated heterocycles. The summed E-state index contributed by atoms with van der Waals surface area (Å²) in [6.45, 7) is 2.36. The molecule has 0 fully saturated rings. The number of nitrogens with zero attached hydrogens (tertiary/aromatic N) is 1. The van der Waals surface area contributed by atoms with Crippen LogP contribution in [0, 0.1) is 0 Å². The van der Waals surface area contributed by atoms with Crippen molar-refractivity contribution in [3.63, 3.8) is 0 Å². The van der Waals surface area contributed by atoms with Gasteiger partial charge in [-0.15, -0.1) is 0 Å². The molecule has 1 N–H and O–H groups in total. The lowest BCUT2D eigenvalue weighted by atomic mass is 10.1. The SMILES string of the molecule is CCCOC(=O)c1c2ccc(O)cc2n2ccccc12. The highest BCUT2D eigenvalue weighted by molar-refractivity contribution is 6.11. The van der Waals surface area contributed by atoms with Crippen LogP contribution < -0.4 is 0 Å². The van der Waals surface area contributed by atoms with E-state index in [9.17, 15) is 9.90 Å². The fraction of sp³-hybridized carbons (Fsp3) is 0.188. The van der Waals surface area contributed by atoms with E-state index in [1.165, 1.54) is 0 Å². The first-order chi connectivity index (χ1) is 9.72. The van der Waals surface area contributed by atoms with Crippen molar-refractivity contribution >= 4 is 22.4 Å². The van der Waals surface area contributed by atoms with Crippen LogP contribution in [0.3, 0.4) is 0 Å². The van der Waals surface area contributed by atoms with Gasteiger partial charge in [-0.05, 0) is 30.7 Å². The van der Waals surface area contributed by atoms with Gasteiger partial charge in [-0.25, -0.2) is 4.79 Å². The average Bonchev–Trinajstić information content (AvgIpc) is 2.79. The van der Waals surface area contributed by atoms with Gasteiger partial charge >= 0.3 is 5.97 Å². The molecule has 0 aliphatic rings. The van der Waals surface area contributed by atoms with Gasteiger partial charge < -0.3 is 14.2 Å². The van der Waals surface area contributed by atoms with Crippen molar-refractivity contribution in [3.8, 4) is 5.75 Å². The Morgan fingerprint density at radius 3 is 2.90 bits per heavy atom. The number of carbonyl (C=O) groups is 1. The van der Waals surface area contributed by atoms with Crippen molar-refractivity contribution < 1.29 is 14.6 Å². The van der Waals surface area contributed by atoms with Gasteiger partial charge in [0.1, 0.15) is 5.75 Å². The Morgan fingerprint density at radius 1 is 1.25 bits per heavy atom. The van der Waals surface area contributed by atoms with Gasteiger partial charge in [0.2, 0.25) is 0 Å². The Kier molecular flexibility index (Phi) is 3.06. The Morgan fingerprint density at radius 2 is 2.10 bits per heavy atom. The molecule has 4 nitrogen and oxygen atoms in total. The first kappa shape index (κ1) is 12.5. The molecule has 1 aromatic carbocycles. The highest BCUT2D eigenvalue weighted by Gasteiger charge is 2.19. The van der Waals surface area contributed by atoms with Gasteiger partial charge in [-0.3, -0.25) is 0 Å². The predicted molar refractivity (Wildman–Crippen MR) is 77.1 cm³/mol. The molecule has 3 aromatic rings. The number of phenols is 1. The summed E-state index contributed by atoms with van der Waals surface area (Å²) in [6.07, 6.45) is 2.66. The molecule has 0 aliphatic heterocycles. The van der Waals surface area contributed by atoms with Crippen LogP contribution in [0.15, 0.2) is 42.6 Å². The average molecular weight is 269 g/mol. The zero-order chi connectivity index (χ0) is 14.1. The fourth-order valence-electron chi connectivity index (χ4n) is 2.41. The minimum atomic E-state index is -0.323. The molecule has 0 aliphatic carbocycles. The van der Waals surface area contributed by atoms with E-state index in [1.807, 2.05) is 35.7 Å². The van der Waals surface area contributed by atoms with E-state index < -0.39 is 0 Å². The van der Waals surface area contributed by atoms with Crippen LogP contribution in [0.25, 0.3) is 16.4 Å². The van der Waals surface area contributed by atoms with Gasteiger partial charge in [-0.1, -0.05) is 13.0 Å². The molecule has 0 saturated carbocycles. The van der Waals surface area contributed by atoms with Crippen LogP contribution in [-0.4, -0.2) is 22.1 Å². The summed E-state index contributed by atoms with van der Waals surface area (Å²) in [5.41, 5.74) is 2.13. The molecular weight excluding hydrogens is 254 g/mol. The number of hydrogen-bond donors (Lipinski definition) is 1. The zero-order valence-electron chi connectivity index (χ0n) is 11.2. The van der Waals surface area contributed by atoms with E-state index in [4.69, 9.17) is 4.74 Å². The third-order valence-electron chi connectivity index (χ3n) is 3.27. The minimum Gasteiger partial charge on any atom is -0.508 e. The smallest absolute Gasteiger partial charge is 0.340 e. The highest BCUT2D eigenvalue weighted by atomic mass is 16.5. The topological polar surface area (TPSA) is 50.9 Å². The lowest BCUT2D eigenvalue weighted by molar-refractivity contribution is 0.0509. The standard InChI is InChI=1S/C16H15NO3/c1-2-9-20-16(19)15-12-7-6-11(18)10-14(12)17-8-4-3-5-13(15)17/h3-8,10,18H,2,9H2,1H3. The number of fused-ring (bicyclic) bond motifs is 3. The van der Waals surface area contributed by atoms with Gasteiger partial charge in [0.25, 0.3) is 0 Å². The normalized spacial score (nSPS) is 11.1. The van der Waals surface area contributed by atoms with Crippen molar-refractivity contribution in [1.29, 1.82) is 0 Å². The minimum absolute atomic E-state index is 0.175. The number of benzene rings is 1. The molecule has 2 heterocycles. The predicted octanol–water partition coefficient (Wildman–Crippen LogP) is 3.36. The number of aromatic hydroxyl groups is 1. The maximum Gasteiger partial charge on any atom is 0.340 e. The van der Waals surface area contributed by atoms with E-state index in [-0.39, 0.29) is 11.7 Å². The highest BCUT2D eigenvalue weighted by Crippen LogP contribution is 2.29. The van der Waals surface area contributed by atoms with Crippen LogP contribution in [0.4, 0.5) is 0 Å². The van der Waals surface area contributed by atoms with E-state index >= 15 is 0 Å². The van der Waals surface area contributed by atoms with E-state index in [0.29, 0.717) is 12.2 Å². The summed E-state index contributed by atoms with van der Waals surface area (Å²) in [5.74, 6) is -0.148. The molecule has 20 heavy (non-hydrogen) atoms. The number of aromatic nitrogens is 1. The molecule has 0 spiro atoms. The Labute approximate surface area is 116 Å². The molecule has 0 atom stereocenters. The maximum atomic E-state index is 12.3. The second-order valence-corrected chi connectivity index (χ2v) is 4.67. The van der Waals surface area contributed by atoms with E-state index in [0.717, 1.165) is 22.8 Å². The molecule has 4 heteroatoms. The molecule has 0 unspecified atom stereocenters. The Bertz CT molecular complexity index is 789. The summed E-state index contributed by atoms with van der Waals surface area (Å²) >= 11 is 0. The Balaban J connectivity index is 2.29. The number of esters is 1. The molecule has 0 bridgehead atoms. The number of carbonyl (C=O) groups excluding carboxylic acids is 1. The second-order valence-electron chi connectivity index (χ2n) is 4.67. The summed E-state index contributed by atoms with van der Waals surface area (Å²) in [7, 11) is 0. The third-order valence-corrected chi connectivity index (χ3v) is 3.27. The molecule has 102 valence electrons. The Hall–Kier alpha value is -2.49. The molecule has 0 amide bonds. The summed E-state index contributed by atoms with van der Waals surface area (Å²) < 4.78 is 7.15. The quantitative estimate of drug-likeness (QED) is 0.742.